The highest BCUT2D eigenvalue weighted by Crippen LogP contribution is 2.25. The van der Waals surface area contributed by atoms with E-state index >= 15 is 0 Å². The average molecular weight is 347 g/mol. The number of hydrogen-bond donors (Lipinski definition) is 0. The molecule has 2 aromatic rings. The zero-order valence-corrected chi connectivity index (χ0v) is 15.8. The fourth-order valence-electron chi connectivity index (χ4n) is 2.59. The second-order valence-corrected chi connectivity index (χ2v) is 6.80. The van der Waals surface area contributed by atoms with E-state index in [-0.39, 0.29) is 5.78 Å². The van der Waals surface area contributed by atoms with Crippen molar-refractivity contribution in [3.05, 3.63) is 24.3 Å². The molecule has 0 amide bonds. The summed E-state index contributed by atoms with van der Waals surface area (Å²) in [5.41, 5.74) is 2.29. The predicted octanol–water partition coefficient (Wildman–Crippen LogP) is 3.79. The molecule has 1 aromatic heterocycles. The van der Waals surface area contributed by atoms with Crippen molar-refractivity contribution in [3.8, 4) is 11.4 Å². The van der Waals surface area contributed by atoms with E-state index in [1.165, 1.54) is 5.69 Å². The number of thioether (sulfide) groups is 1. The Bertz CT molecular complexity index is 662. The summed E-state index contributed by atoms with van der Waals surface area (Å²) in [6.07, 6.45) is 1.51. The highest BCUT2D eigenvalue weighted by molar-refractivity contribution is 7.99. The lowest BCUT2D eigenvalue weighted by Gasteiger charge is -2.21. The van der Waals surface area contributed by atoms with Gasteiger partial charge >= 0.3 is 0 Å². The van der Waals surface area contributed by atoms with Crippen molar-refractivity contribution < 1.29 is 4.79 Å². The Hall–Kier alpha value is -1.82. The van der Waals surface area contributed by atoms with E-state index in [0.29, 0.717) is 6.42 Å². The molecule has 0 aliphatic carbocycles. The largest absolute Gasteiger partial charge is 0.372 e. The molecule has 0 bridgehead atoms. The van der Waals surface area contributed by atoms with Crippen molar-refractivity contribution in [2.24, 2.45) is 7.05 Å². The van der Waals surface area contributed by atoms with Crippen LogP contribution in [0.1, 0.15) is 33.6 Å². The Morgan fingerprint density at radius 1 is 1.17 bits per heavy atom. The zero-order valence-electron chi connectivity index (χ0n) is 15.0. The highest BCUT2D eigenvalue weighted by Gasteiger charge is 2.12. The molecule has 0 saturated carbocycles. The monoisotopic (exact) mass is 346 g/mol. The van der Waals surface area contributed by atoms with E-state index in [2.05, 4.69) is 53.2 Å². The number of ketones is 1. The molecule has 0 spiro atoms. The predicted molar refractivity (Wildman–Crippen MR) is 101 cm³/mol. The van der Waals surface area contributed by atoms with Crippen molar-refractivity contribution in [1.29, 1.82) is 0 Å². The summed E-state index contributed by atoms with van der Waals surface area (Å²) < 4.78 is 2.02. The molecule has 130 valence electrons. The van der Waals surface area contributed by atoms with Crippen LogP contribution in [0.4, 0.5) is 5.69 Å². The third kappa shape index (κ3) is 4.60. The van der Waals surface area contributed by atoms with Gasteiger partial charge in [0.1, 0.15) is 5.78 Å². The van der Waals surface area contributed by atoms with Crippen LogP contribution in [0, 0.1) is 0 Å². The van der Waals surface area contributed by atoms with Gasteiger partial charge in [-0.3, -0.25) is 0 Å². The quantitative estimate of drug-likeness (QED) is 0.511. The van der Waals surface area contributed by atoms with Gasteiger partial charge in [-0.25, -0.2) is 0 Å². The van der Waals surface area contributed by atoms with Crippen LogP contribution in [0.15, 0.2) is 29.4 Å². The second-order valence-electron chi connectivity index (χ2n) is 5.74. The van der Waals surface area contributed by atoms with Crippen LogP contribution in [0.2, 0.25) is 0 Å². The first kappa shape index (κ1) is 18.5. The first-order valence-corrected chi connectivity index (χ1v) is 9.42. The first-order chi connectivity index (χ1) is 11.6. The van der Waals surface area contributed by atoms with Gasteiger partial charge in [0.05, 0.1) is 0 Å². The van der Waals surface area contributed by atoms with Crippen LogP contribution in [-0.4, -0.2) is 39.4 Å². The molecule has 5 nitrogen and oxygen atoms in total. The summed E-state index contributed by atoms with van der Waals surface area (Å²) in [5, 5.41) is 9.50. The third-order valence-electron chi connectivity index (χ3n) is 3.99. The molecule has 0 atom stereocenters. The number of aromatic nitrogens is 3. The summed E-state index contributed by atoms with van der Waals surface area (Å²) in [4.78, 5) is 13.3. The van der Waals surface area contributed by atoms with Crippen molar-refractivity contribution in [2.45, 2.75) is 38.8 Å². The van der Waals surface area contributed by atoms with Crippen molar-refractivity contribution in [3.63, 3.8) is 0 Å². The molecule has 0 unspecified atom stereocenters. The molecule has 0 saturated heterocycles. The first-order valence-electron chi connectivity index (χ1n) is 8.43. The lowest BCUT2D eigenvalue weighted by Crippen LogP contribution is -2.21. The third-order valence-corrected chi connectivity index (χ3v) is 5.10. The van der Waals surface area contributed by atoms with E-state index in [4.69, 9.17) is 0 Å². The molecule has 0 aliphatic rings. The van der Waals surface area contributed by atoms with E-state index in [0.717, 1.165) is 41.8 Å². The van der Waals surface area contributed by atoms with Gasteiger partial charge < -0.3 is 14.3 Å². The Kier molecular flexibility index (Phi) is 6.85. The number of rotatable bonds is 9. The van der Waals surface area contributed by atoms with Crippen LogP contribution in [0.3, 0.4) is 0 Å². The minimum absolute atomic E-state index is 0.238. The zero-order chi connectivity index (χ0) is 17.5. The van der Waals surface area contributed by atoms with Gasteiger partial charge in [0.25, 0.3) is 0 Å². The van der Waals surface area contributed by atoms with Gasteiger partial charge in [-0.1, -0.05) is 11.8 Å². The molecule has 1 aromatic carbocycles. The minimum atomic E-state index is 0.238. The van der Waals surface area contributed by atoms with E-state index < -0.39 is 0 Å². The summed E-state index contributed by atoms with van der Waals surface area (Å²) >= 11 is 1.65. The number of anilines is 1. The number of benzene rings is 1. The molecular weight excluding hydrogens is 320 g/mol. The summed E-state index contributed by atoms with van der Waals surface area (Å²) in [6, 6.07) is 8.47. The number of hydrogen-bond acceptors (Lipinski definition) is 5. The van der Waals surface area contributed by atoms with Crippen LogP contribution in [-0.2, 0) is 11.8 Å². The molecule has 2 rings (SSSR count). The van der Waals surface area contributed by atoms with Crippen LogP contribution in [0.5, 0.6) is 0 Å². The van der Waals surface area contributed by atoms with Crippen LogP contribution >= 0.6 is 11.8 Å². The fraction of sp³-hybridized carbons (Fsp3) is 0.500. The smallest absolute Gasteiger partial charge is 0.191 e. The Labute approximate surface area is 148 Å². The number of Topliss-reactive ketones (excluding diaryl/α,β-unsaturated/α-hetero) is 1. The molecule has 6 heteroatoms. The maximum Gasteiger partial charge on any atom is 0.191 e. The number of carbonyl (C=O) groups excluding carboxylic acids is 1. The topological polar surface area (TPSA) is 51.0 Å². The minimum Gasteiger partial charge on any atom is -0.372 e. The molecule has 0 aliphatic heterocycles. The lowest BCUT2D eigenvalue weighted by molar-refractivity contribution is -0.117. The van der Waals surface area contributed by atoms with Gasteiger partial charge in [-0.15, -0.1) is 10.2 Å². The van der Waals surface area contributed by atoms with Gasteiger partial charge in [0.2, 0.25) is 0 Å². The highest BCUT2D eigenvalue weighted by atomic mass is 32.2. The van der Waals surface area contributed by atoms with Gasteiger partial charge in [0.15, 0.2) is 11.0 Å². The summed E-state index contributed by atoms with van der Waals surface area (Å²) in [6.45, 7) is 7.96. The Morgan fingerprint density at radius 3 is 2.42 bits per heavy atom. The van der Waals surface area contributed by atoms with E-state index in [1.807, 2.05) is 11.6 Å². The Morgan fingerprint density at radius 2 is 1.83 bits per heavy atom. The van der Waals surface area contributed by atoms with Crippen LogP contribution < -0.4 is 4.90 Å². The molecule has 1 heterocycles. The standard InChI is InChI=1S/C18H26N4OS/c1-5-22(6-2)16-11-9-15(10-12-16)17-19-20-18(21(17)4)24-13-7-8-14(3)23/h9-12H,5-8,13H2,1-4H3. The van der Waals surface area contributed by atoms with Gasteiger partial charge in [-0.05, 0) is 51.5 Å². The molecule has 0 N–H and O–H groups in total. The van der Waals surface area contributed by atoms with Crippen LogP contribution in [0.25, 0.3) is 11.4 Å². The van der Waals surface area contributed by atoms with Gasteiger partial charge in [0, 0.05) is 43.6 Å². The molecule has 0 radical (unpaired) electrons. The number of nitrogens with zero attached hydrogens (tertiary/aromatic N) is 4. The normalized spacial score (nSPS) is 10.8. The maximum absolute atomic E-state index is 11.0. The van der Waals surface area contributed by atoms with Crippen molar-refractivity contribution in [1.82, 2.24) is 14.8 Å². The number of carbonyl (C=O) groups is 1. The average Bonchev–Trinajstić information content (AvgIpc) is 2.94. The second kappa shape index (κ2) is 8.87. The molecule has 0 fully saturated rings. The molecular formula is C18H26N4OS. The van der Waals surface area contributed by atoms with E-state index in [9.17, 15) is 4.79 Å². The van der Waals surface area contributed by atoms with Gasteiger partial charge in [-0.2, -0.15) is 0 Å². The Balaban J connectivity index is 2.06. The SMILES string of the molecule is CCN(CC)c1ccc(-c2nnc(SCCCC(C)=O)n2C)cc1. The van der Waals surface area contributed by atoms with Crippen molar-refractivity contribution in [2.75, 3.05) is 23.7 Å². The van der Waals surface area contributed by atoms with E-state index in [1.54, 1.807) is 18.7 Å². The fourth-order valence-corrected chi connectivity index (χ4v) is 3.44. The maximum atomic E-state index is 11.0. The van der Waals surface area contributed by atoms with Crippen molar-refractivity contribution >= 4 is 23.2 Å². The summed E-state index contributed by atoms with van der Waals surface area (Å²) in [5.74, 6) is 1.99. The summed E-state index contributed by atoms with van der Waals surface area (Å²) in [7, 11) is 1.99. The molecule has 24 heavy (non-hydrogen) atoms. The lowest BCUT2D eigenvalue weighted by atomic mass is 10.2.